The molecule has 0 aromatic heterocycles. The first-order valence-electron chi connectivity index (χ1n) is 5.68. The molecule has 1 aromatic carbocycles. The van der Waals surface area contributed by atoms with E-state index in [1.165, 1.54) is 31.2 Å². The van der Waals surface area contributed by atoms with Crippen LogP contribution in [0.2, 0.25) is 0 Å². The highest BCUT2D eigenvalue weighted by molar-refractivity contribution is 7.80. The van der Waals surface area contributed by atoms with E-state index in [1.54, 1.807) is 0 Å². The van der Waals surface area contributed by atoms with Gasteiger partial charge in [-0.15, -0.1) is 0 Å². The summed E-state index contributed by atoms with van der Waals surface area (Å²) in [5.41, 5.74) is 1.30. The van der Waals surface area contributed by atoms with Crippen LogP contribution in [0.5, 0.6) is 0 Å². The molecule has 15 heavy (non-hydrogen) atoms. The Kier molecular flexibility index (Phi) is 3.73. The molecule has 1 aromatic rings. The monoisotopic (exact) mass is 219 g/mol. The van der Waals surface area contributed by atoms with Crippen molar-refractivity contribution in [1.29, 1.82) is 0 Å². The Balaban J connectivity index is 1.80. The molecule has 0 amide bonds. The van der Waals surface area contributed by atoms with Crippen LogP contribution in [-0.2, 0) is 6.54 Å². The molecule has 0 atom stereocenters. The Bertz CT molecular complexity index is 315. The molecule has 1 aliphatic carbocycles. The first-order chi connectivity index (χ1) is 7.36. The minimum atomic E-state index is 0.642. The van der Waals surface area contributed by atoms with Gasteiger partial charge in [0, 0.05) is 12.5 Å². The number of hydrogen-bond donors (Lipinski definition) is 1. The zero-order chi connectivity index (χ0) is 10.5. The van der Waals surface area contributed by atoms with E-state index in [0.717, 1.165) is 11.5 Å². The molecule has 0 spiro atoms. The molecule has 2 heteroatoms. The third-order valence-corrected chi connectivity index (χ3v) is 3.51. The van der Waals surface area contributed by atoms with Gasteiger partial charge in [0.25, 0.3) is 0 Å². The highest BCUT2D eigenvalue weighted by atomic mass is 32.1. The molecular formula is C13H17NS. The van der Waals surface area contributed by atoms with E-state index in [1.807, 2.05) is 6.07 Å². The SMILES string of the molecule is S=C(NCc1ccccc1)C1CCCC1. The molecule has 80 valence electrons. The summed E-state index contributed by atoms with van der Waals surface area (Å²) in [6, 6.07) is 10.4. The van der Waals surface area contributed by atoms with E-state index < -0.39 is 0 Å². The van der Waals surface area contributed by atoms with Crippen LogP contribution in [0.3, 0.4) is 0 Å². The van der Waals surface area contributed by atoms with Crippen molar-refractivity contribution in [2.45, 2.75) is 32.2 Å². The molecule has 1 nitrogen and oxygen atoms in total. The molecule has 0 heterocycles. The summed E-state index contributed by atoms with van der Waals surface area (Å²) in [4.78, 5) is 1.07. The molecule has 1 saturated carbocycles. The van der Waals surface area contributed by atoms with E-state index in [4.69, 9.17) is 12.2 Å². The predicted octanol–water partition coefficient (Wildman–Crippen LogP) is 3.29. The maximum Gasteiger partial charge on any atom is 0.0787 e. The van der Waals surface area contributed by atoms with Gasteiger partial charge in [0.2, 0.25) is 0 Å². The molecule has 0 aliphatic heterocycles. The first kappa shape index (κ1) is 10.6. The van der Waals surface area contributed by atoms with Crippen molar-refractivity contribution < 1.29 is 0 Å². The van der Waals surface area contributed by atoms with E-state index in [0.29, 0.717) is 5.92 Å². The van der Waals surface area contributed by atoms with Gasteiger partial charge in [-0.3, -0.25) is 0 Å². The van der Waals surface area contributed by atoms with Crippen molar-refractivity contribution in [2.24, 2.45) is 5.92 Å². The molecule has 2 rings (SSSR count). The predicted molar refractivity (Wildman–Crippen MR) is 67.8 cm³/mol. The summed E-state index contributed by atoms with van der Waals surface area (Å²) < 4.78 is 0. The van der Waals surface area contributed by atoms with E-state index in [-0.39, 0.29) is 0 Å². The average molecular weight is 219 g/mol. The van der Waals surface area contributed by atoms with Gasteiger partial charge in [-0.2, -0.15) is 0 Å². The maximum atomic E-state index is 5.40. The summed E-state index contributed by atoms with van der Waals surface area (Å²) >= 11 is 5.40. The number of hydrogen-bond acceptors (Lipinski definition) is 1. The zero-order valence-electron chi connectivity index (χ0n) is 8.91. The van der Waals surface area contributed by atoms with Crippen LogP contribution >= 0.6 is 12.2 Å². The Hall–Kier alpha value is -0.890. The third kappa shape index (κ3) is 3.03. The second kappa shape index (κ2) is 5.26. The minimum absolute atomic E-state index is 0.642. The fourth-order valence-corrected chi connectivity index (χ4v) is 2.43. The minimum Gasteiger partial charge on any atom is -0.375 e. The van der Waals surface area contributed by atoms with Gasteiger partial charge in [-0.05, 0) is 18.4 Å². The number of nitrogens with one attached hydrogen (secondary N) is 1. The van der Waals surface area contributed by atoms with Crippen LogP contribution in [0.1, 0.15) is 31.2 Å². The average Bonchev–Trinajstić information content (AvgIpc) is 2.81. The summed E-state index contributed by atoms with van der Waals surface area (Å²) in [5.74, 6) is 0.642. The Morgan fingerprint density at radius 1 is 1.20 bits per heavy atom. The van der Waals surface area contributed by atoms with Gasteiger partial charge in [0.15, 0.2) is 0 Å². The highest BCUT2D eigenvalue weighted by Crippen LogP contribution is 2.25. The Morgan fingerprint density at radius 2 is 1.87 bits per heavy atom. The van der Waals surface area contributed by atoms with Crippen molar-refractivity contribution in [3.8, 4) is 0 Å². The quantitative estimate of drug-likeness (QED) is 0.783. The lowest BCUT2D eigenvalue weighted by Gasteiger charge is -2.13. The number of benzene rings is 1. The second-order valence-electron chi connectivity index (χ2n) is 4.18. The molecule has 1 N–H and O–H groups in total. The van der Waals surface area contributed by atoms with Gasteiger partial charge in [0.1, 0.15) is 0 Å². The topological polar surface area (TPSA) is 12.0 Å². The second-order valence-corrected chi connectivity index (χ2v) is 4.62. The van der Waals surface area contributed by atoms with Gasteiger partial charge in [0.05, 0.1) is 4.99 Å². The molecule has 1 fully saturated rings. The molecule has 0 radical (unpaired) electrons. The molecular weight excluding hydrogens is 202 g/mol. The number of thiocarbonyl (C=S) groups is 1. The van der Waals surface area contributed by atoms with E-state index in [9.17, 15) is 0 Å². The molecule has 1 aliphatic rings. The largest absolute Gasteiger partial charge is 0.375 e. The van der Waals surface area contributed by atoms with Gasteiger partial charge < -0.3 is 5.32 Å². The Morgan fingerprint density at radius 3 is 2.53 bits per heavy atom. The molecule has 0 saturated heterocycles. The fourth-order valence-electron chi connectivity index (χ4n) is 2.12. The highest BCUT2D eigenvalue weighted by Gasteiger charge is 2.18. The van der Waals surface area contributed by atoms with Gasteiger partial charge >= 0.3 is 0 Å². The van der Waals surface area contributed by atoms with Crippen LogP contribution in [0.4, 0.5) is 0 Å². The lowest BCUT2D eigenvalue weighted by molar-refractivity contribution is 0.701. The van der Waals surface area contributed by atoms with Crippen LogP contribution in [0.15, 0.2) is 30.3 Å². The summed E-state index contributed by atoms with van der Waals surface area (Å²) in [6.45, 7) is 0.871. The molecule has 0 unspecified atom stereocenters. The van der Waals surface area contributed by atoms with E-state index in [2.05, 4.69) is 29.6 Å². The Labute approximate surface area is 96.9 Å². The van der Waals surface area contributed by atoms with Gasteiger partial charge in [-0.25, -0.2) is 0 Å². The maximum absolute atomic E-state index is 5.40. The summed E-state index contributed by atoms with van der Waals surface area (Å²) in [6.07, 6.45) is 5.25. The van der Waals surface area contributed by atoms with Crippen molar-refractivity contribution >= 4 is 17.2 Å². The fraction of sp³-hybridized carbons (Fsp3) is 0.462. The van der Waals surface area contributed by atoms with Crippen LogP contribution in [0.25, 0.3) is 0 Å². The number of rotatable bonds is 3. The lowest BCUT2D eigenvalue weighted by Crippen LogP contribution is -2.26. The van der Waals surface area contributed by atoms with Crippen LogP contribution in [-0.4, -0.2) is 4.99 Å². The van der Waals surface area contributed by atoms with Crippen molar-refractivity contribution in [2.75, 3.05) is 0 Å². The lowest BCUT2D eigenvalue weighted by atomic mass is 10.1. The standard InChI is InChI=1S/C13H17NS/c15-13(12-8-4-5-9-12)14-10-11-6-2-1-3-7-11/h1-3,6-7,12H,4-5,8-10H2,(H,14,15). The van der Waals surface area contributed by atoms with Crippen LogP contribution < -0.4 is 5.32 Å². The summed E-state index contributed by atoms with van der Waals surface area (Å²) in [7, 11) is 0. The first-order valence-corrected chi connectivity index (χ1v) is 6.09. The van der Waals surface area contributed by atoms with Crippen molar-refractivity contribution in [1.82, 2.24) is 5.32 Å². The van der Waals surface area contributed by atoms with Crippen molar-refractivity contribution in [3.63, 3.8) is 0 Å². The van der Waals surface area contributed by atoms with Gasteiger partial charge in [-0.1, -0.05) is 55.4 Å². The smallest absolute Gasteiger partial charge is 0.0787 e. The van der Waals surface area contributed by atoms with Crippen molar-refractivity contribution in [3.05, 3.63) is 35.9 Å². The molecule has 0 bridgehead atoms. The summed E-state index contributed by atoms with van der Waals surface area (Å²) in [5, 5.41) is 3.37. The van der Waals surface area contributed by atoms with Crippen LogP contribution in [0, 0.1) is 5.92 Å². The van der Waals surface area contributed by atoms with E-state index >= 15 is 0 Å². The third-order valence-electron chi connectivity index (χ3n) is 3.04. The normalized spacial score (nSPS) is 16.5. The zero-order valence-corrected chi connectivity index (χ0v) is 9.72.